The van der Waals surface area contributed by atoms with Gasteiger partial charge in [-0.2, -0.15) is 0 Å². The standard InChI is InChI=1S/C15H13NO4/c1-2-11(18)7-15-10(8-17)6-14(20-15)9-3-4-13(19)12(16)5-9/h2-8,18-19H,1,16H2/b11-7+. The van der Waals surface area contributed by atoms with Crippen LogP contribution in [0.25, 0.3) is 17.4 Å². The van der Waals surface area contributed by atoms with Gasteiger partial charge in [-0.3, -0.25) is 4.79 Å². The molecule has 102 valence electrons. The highest BCUT2D eigenvalue weighted by atomic mass is 16.3. The van der Waals surface area contributed by atoms with E-state index >= 15 is 0 Å². The third-order valence-electron chi connectivity index (χ3n) is 2.72. The number of carbonyl (C=O) groups is 1. The molecule has 5 nitrogen and oxygen atoms in total. The van der Waals surface area contributed by atoms with Gasteiger partial charge in [0.25, 0.3) is 0 Å². The molecule has 4 N–H and O–H groups in total. The van der Waals surface area contributed by atoms with Crippen LogP contribution in [-0.4, -0.2) is 16.5 Å². The van der Waals surface area contributed by atoms with E-state index in [1.165, 1.54) is 30.4 Å². The van der Waals surface area contributed by atoms with Gasteiger partial charge in [0.2, 0.25) is 0 Å². The van der Waals surface area contributed by atoms with E-state index in [2.05, 4.69) is 6.58 Å². The second kappa shape index (κ2) is 5.36. The number of aromatic hydroxyl groups is 1. The number of benzene rings is 1. The molecule has 5 heteroatoms. The summed E-state index contributed by atoms with van der Waals surface area (Å²) in [4.78, 5) is 11.0. The summed E-state index contributed by atoms with van der Waals surface area (Å²) in [6.45, 7) is 3.41. The van der Waals surface area contributed by atoms with Gasteiger partial charge in [0, 0.05) is 11.6 Å². The van der Waals surface area contributed by atoms with Crippen molar-refractivity contribution in [2.24, 2.45) is 0 Å². The van der Waals surface area contributed by atoms with Crippen LogP contribution >= 0.6 is 0 Å². The molecule has 1 aromatic carbocycles. The van der Waals surface area contributed by atoms with Crippen LogP contribution in [0.1, 0.15) is 16.1 Å². The van der Waals surface area contributed by atoms with E-state index in [1.54, 1.807) is 6.07 Å². The molecular weight excluding hydrogens is 258 g/mol. The predicted octanol–water partition coefficient (Wildman–Crippen LogP) is 3.13. The molecule has 1 heterocycles. The van der Waals surface area contributed by atoms with Gasteiger partial charge in [-0.15, -0.1) is 0 Å². The Morgan fingerprint density at radius 1 is 1.35 bits per heavy atom. The lowest BCUT2D eigenvalue weighted by Gasteiger charge is -2.01. The number of aldehydes is 1. The quantitative estimate of drug-likeness (QED) is 0.261. The molecule has 0 aliphatic rings. The van der Waals surface area contributed by atoms with E-state index in [1.807, 2.05) is 0 Å². The first kappa shape index (κ1) is 13.5. The molecule has 0 radical (unpaired) electrons. The molecule has 0 fully saturated rings. The smallest absolute Gasteiger partial charge is 0.153 e. The van der Waals surface area contributed by atoms with Gasteiger partial charge in [-0.1, -0.05) is 6.58 Å². The number of hydrogen-bond donors (Lipinski definition) is 3. The number of furan rings is 1. The summed E-state index contributed by atoms with van der Waals surface area (Å²) in [7, 11) is 0. The maximum absolute atomic E-state index is 11.0. The van der Waals surface area contributed by atoms with Crippen molar-refractivity contribution in [3.05, 3.63) is 54.0 Å². The number of hydrogen-bond acceptors (Lipinski definition) is 5. The summed E-state index contributed by atoms with van der Waals surface area (Å²) in [5, 5.41) is 18.8. The molecule has 0 aliphatic carbocycles. The molecule has 1 aromatic heterocycles. The molecule has 0 spiro atoms. The second-order valence-corrected chi connectivity index (χ2v) is 4.10. The average Bonchev–Trinajstić information content (AvgIpc) is 2.84. The molecule has 2 aromatic rings. The van der Waals surface area contributed by atoms with Crippen molar-refractivity contribution < 1.29 is 19.4 Å². The van der Waals surface area contributed by atoms with Crippen molar-refractivity contribution in [1.82, 2.24) is 0 Å². The fourth-order valence-corrected chi connectivity index (χ4v) is 1.67. The third-order valence-corrected chi connectivity index (χ3v) is 2.72. The minimum atomic E-state index is -0.112. The van der Waals surface area contributed by atoms with E-state index in [-0.39, 0.29) is 23.0 Å². The van der Waals surface area contributed by atoms with E-state index in [0.29, 0.717) is 23.2 Å². The van der Waals surface area contributed by atoms with Gasteiger partial charge in [0.05, 0.1) is 11.3 Å². The van der Waals surface area contributed by atoms with Crippen LogP contribution in [0, 0.1) is 0 Å². The minimum absolute atomic E-state index is 0.0275. The maximum Gasteiger partial charge on any atom is 0.153 e. The van der Waals surface area contributed by atoms with E-state index in [0.717, 1.165) is 0 Å². The summed E-state index contributed by atoms with van der Waals surface area (Å²) in [5.74, 6) is 0.487. The Labute approximate surface area is 115 Å². The van der Waals surface area contributed by atoms with Crippen molar-refractivity contribution in [2.75, 3.05) is 5.73 Å². The van der Waals surface area contributed by atoms with Crippen molar-refractivity contribution in [3.63, 3.8) is 0 Å². The second-order valence-electron chi connectivity index (χ2n) is 4.10. The fraction of sp³-hybridized carbons (Fsp3) is 0. The Hall–Kier alpha value is -2.95. The Kier molecular flexibility index (Phi) is 3.61. The normalized spacial score (nSPS) is 11.3. The van der Waals surface area contributed by atoms with Gasteiger partial charge < -0.3 is 20.4 Å². The molecule has 0 aliphatic heterocycles. The van der Waals surface area contributed by atoms with Crippen LogP contribution in [0.4, 0.5) is 5.69 Å². The van der Waals surface area contributed by atoms with Crippen LogP contribution < -0.4 is 5.73 Å². The largest absolute Gasteiger partial charge is 0.508 e. The number of aliphatic hydroxyl groups is 1. The predicted molar refractivity (Wildman–Crippen MR) is 76.4 cm³/mol. The number of phenolic OH excluding ortho intramolecular Hbond substituents is 1. The fourth-order valence-electron chi connectivity index (χ4n) is 1.67. The monoisotopic (exact) mass is 271 g/mol. The Balaban J connectivity index is 2.50. The first-order chi connectivity index (χ1) is 9.55. The van der Waals surface area contributed by atoms with E-state index < -0.39 is 0 Å². The molecule has 0 bridgehead atoms. The maximum atomic E-state index is 11.0. The van der Waals surface area contributed by atoms with Gasteiger partial charge in [-0.25, -0.2) is 0 Å². The number of allylic oxidation sites excluding steroid dienone is 1. The summed E-state index contributed by atoms with van der Waals surface area (Å²) in [5.41, 5.74) is 6.72. The molecule has 0 amide bonds. The van der Waals surface area contributed by atoms with Gasteiger partial charge in [-0.05, 0) is 30.3 Å². The average molecular weight is 271 g/mol. The Morgan fingerprint density at radius 2 is 2.10 bits per heavy atom. The highest BCUT2D eigenvalue weighted by Crippen LogP contribution is 2.30. The number of carbonyl (C=O) groups excluding carboxylic acids is 1. The number of anilines is 1. The van der Waals surface area contributed by atoms with Crippen molar-refractivity contribution in [2.45, 2.75) is 0 Å². The topological polar surface area (TPSA) is 96.7 Å². The lowest BCUT2D eigenvalue weighted by atomic mass is 10.1. The summed E-state index contributed by atoms with van der Waals surface area (Å²) < 4.78 is 5.51. The number of phenols is 1. The molecule has 0 atom stereocenters. The van der Waals surface area contributed by atoms with Gasteiger partial charge >= 0.3 is 0 Å². The number of nitrogens with two attached hydrogens (primary N) is 1. The number of nitrogen functional groups attached to an aromatic ring is 1. The highest BCUT2D eigenvalue weighted by molar-refractivity contribution is 5.83. The SMILES string of the molecule is C=C/C(O)=C\c1oc(-c2ccc(O)c(N)c2)cc1C=O. The van der Waals surface area contributed by atoms with Crippen molar-refractivity contribution in [3.8, 4) is 17.1 Å². The van der Waals surface area contributed by atoms with Crippen LogP contribution in [0.5, 0.6) is 5.75 Å². The van der Waals surface area contributed by atoms with Crippen LogP contribution in [0.3, 0.4) is 0 Å². The zero-order valence-corrected chi connectivity index (χ0v) is 10.5. The van der Waals surface area contributed by atoms with Crippen LogP contribution in [0.2, 0.25) is 0 Å². The van der Waals surface area contributed by atoms with Crippen LogP contribution in [-0.2, 0) is 0 Å². The Morgan fingerprint density at radius 3 is 2.70 bits per heavy atom. The molecule has 0 saturated carbocycles. The first-order valence-electron chi connectivity index (χ1n) is 5.76. The third kappa shape index (κ3) is 2.56. The van der Waals surface area contributed by atoms with Gasteiger partial charge in [0.15, 0.2) is 6.29 Å². The molecule has 0 unspecified atom stereocenters. The van der Waals surface area contributed by atoms with Crippen molar-refractivity contribution >= 4 is 18.0 Å². The zero-order valence-electron chi connectivity index (χ0n) is 10.5. The highest BCUT2D eigenvalue weighted by Gasteiger charge is 2.12. The van der Waals surface area contributed by atoms with E-state index in [9.17, 15) is 15.0 Å². The Bertz CT molecular complexity index is 698. The molecule has 20 heavy (non-hydrogen) atoms. The van der Waals surface area contributed by atoms with Crippen molar-refractivity contribution in [1.29, 1.82) is 0 Å². The van der Waals surface area contributed by atoms with E-state index in [4.69, 9.17) is 10.2 Å². The molecule has 0 saturated heterocycles. The number of aliphatic hydroxyl groups excluding tert-OH is 1. The molecular formula is C15H13NO4. The summed E-state index contributed by atoms with van der Waals surface area (Å²) in [6.07, 6.45) is 3.15. The molecule has 2 rings (SSSR count). The van der Waals surface area contributed by atoms with Crippen LogP contribution in [0.15, 0.2) is 47.1 Å². The first-order valence-corrected chi connectivity index (χ1v) is 5.76. The summed E-state index contributed by atoms with van der Waals surface area (Å²) >= 11 is 0. The zero-order chi connectivity index (χ0) is 14.7. The lowest BCUT2D eigenvalue weighted by molar-refractivity contribution is 0.112. The lowest BCUT2D eigenvalue weighted by Crippen LogP contribution is -1.85. The minimum Gasteiger partial charge on any atom is -0.508 e. The summed E-state index contributed by atoms with van der Waals surface area (Å²) in [6, 6.07) is 6.11. The number of rotatable bonds is 4. The van der Waals surface area contributed by atoms with Gasteiger partial charge in [0.1, 0.15) is 23.0 Å².